The number of hydrogen-bond donors (Lipinski definition) is 2. The summed E-state index contributed by atoms with van der Waals surface area (Å²) in [6, 6.07) is 10.0. The standard InChI is InChI=1S/C21H25ClN6OS/c1-23-21(25-18-5-8-28(9-6-18)13-15-7-10-30-14-15)24-12-19-26-20(27-29-19)16-3-2-4-17(22)11-16/h2-4,7,10-11,14,18H,5-6,8-9,12-13H2,1H3,(H2,23,24,25). The van der Waals surface area contributed by atoms with Crippen LogP contribution in [0.1, 0.15) is 24.3 Å². The molecular formula is C21H25ClN6OS. The minimum Gasteiger partial charge on any atom is -0.354 e. The summed E-state index contributed by atoms with van der Waals surface area (Å²) >= 11 is 7.79. The van der Waals surface area contributed by atoms with E-state index in [0.717, 1.165) is 44.0 Å². The van der Waals surface area contributed by atoms with Crippen LogP contribution in [0.5, 0.6) is 0 Å². The van der Waals surface area contributed by atoms with Crippen molar-refractivity contribution in [2.24, 2.45) is 4.99 Å². The van der Waals surface area contributed by atoms with Crippen LogP contribution in [0, 0.1) is 0 Å². The van der Waals surface area contributed by atoms with Crippen molar-refractivity contribution in [1.82, 2.24) is 25.7 Å². The molecule has 2 aromatic heterocycles. The van der Waals surface area contributed by atoms with E-state index in [1.54, 1.807) is 18.4 Å². The number of aromatic nitrogens is 2. The van der Waals surface area contributed by atoms with Gasteiger partial charge in [0, 0.05) is 43.3 Å². The van der Waals surface area contributed by atoms with E-state index in [1.807, 2.05) is 24.3 Å². The Morgan fingerprint density at radius 3 is 2.93 bits per heavy atom. The van der Waals surface area contributed by atoms with Gasteiger partial charge < -0.3 is 15.2 Å². The molecule has 0 amide bonds. The third kappa shape index (κ3) is 5.59. The van der Waals surface area contributed by atoms with Crippen LogP contribution in [0.2, 0.25) is 5.02 Å². The molecule has 0 aliphatic carbocycles. The minimum absolute atomic E-state index is 0.402. The molecule has 0 unspecified atom stereocenters. The van der Waals surface area contributed by atoms with Crippen LogP contribution < -0.4 is 10.6 Å². The Labute approximate surface area is 185 Å². The molecule has 7 nitrogen and oxygen atoms in total. The lowest BCUT2D eigenvalue weighted by Gasteiger charge is -2.32. The molecule has 0 saturated carbocycles. The van der Waals surface area contributed by atoms with Gasteiger partial charge in [0.15, 0.2) is 5.96 Å². The Morgan fingerprint density at radius 2 is 2.20 bits per heavy atom. The number of nitrogens with zero attached hydrogens (tertiary/aromatic N) is 4. The summed E-state index contributed by atoms with van der Waals surface area (Å²) in [4.78, 5) is 11.3. The van der Waals surface area contributed by atoms with Crippen LogP contribution >= 0.6 is 22.9 Å². The SMILES string of the molecule is CN=C(NCc1nc(-c2cccc(Cl)c2)no1)NC1CCN(Cc2ccsc2)CC1. The fourth-order valence-electron chi connectivity index (χ4n) is 3.50. The predicted octanol–water partition coefficient (Wildman–Crippen LogP) is 3.78. The second-order valence-corrected chi connectivity index (χ2v) is 8.49. The van der Waals surface area contributed by atoms with Crippen molar-refractivity contribution in [1.29, 1.82) is 0 Å². The number of likely N-dealkylation sites (tertiary alicyclic amines) is 1. The fraction of sp³-hybridized carbons (Fsp3) is 0.381. The van der Waals surface area contributed by atoms with Crippen LogP contribution in [-0.4, -0.2) is 47.2 Å². The molecule has 0 radical (unpaired) electrons. The van der Waals surface area contributed by atoms with Crippen LogP contribution in [0.25, 0.3) is 11.4 Å². The maximum Gasteiger partial charge on any atom is 0.246 e. The lowest BCUT2D eigenvalue weighted by atomic mass is 10.0. The molecular weight excluding hydrogens is 420 g/mol. The Kier molecular flexibility index (Phi) is 6.99. The number of guanidine groups is 1. The number of hydrogen-bond acceptors (Lipinski definition) is 6. The Bertz CT molecular complexity index is 966. The van der Waals surface area contributed by atoms with Crippen molar-refractivity contribution in [3.63, 3.8) is 0 Å². The number of halogens is 1. The zero-order valence-corrected chi connectivity index (χ0v) is 18.4. The van der Waals surface area contributed by atoms with Crippen LogP contribution in [0.4, 0.5) is 0 Å². The first kappa shape index (κ1) is 20.8. The van der Waals surface area contributed by atoms with Gasteiger partial charge in [-0.2, -0.15) is 16.3 Å². The lowest BCUT2D eigenvalue weighted by Crippen LogP contribution is -2.48. The molecule has 30 heavy (non-hydrogen) atoms. The predicted molar refractivity (Wildman–Crippen MR) is 121 cm³/mol. The molecule has 0 spiro atoms. The van der Waals surface area contributed by atoms with Gasteiger partial charge in [-0.15, -0.1) is 0 Å². The summed E-state index contributed by atoms with van der Waals surface area (Å²) in [6.07, 6.45) is 2.18. The molecule has 1 aliphatic heterocycles. The summed E-state index contributed by atoms with van der Waals surface area (Å²) in [5.74, 6) is 1.77. The maximum absolute atomic E-state index is 6.03. The normalized spacial score (nSPS) is 16.0. The average molecular weight is 445 g/mol. The van der Waals surface area contributed by atoms with Crippen molar-refractivity contribution in [3.8, 4) is 11.4 Å². The average Bonchev–Trinajstić information content (AvgIpc) is 3.44. The molecule has 9 heteroatoms. The van der Waals surface area contributed by atoms with Gasteiger partial charge >= 0.3 is 0 Å². The zero-order chi connectivity index (χ0) is 20.8. The quantitative estimate of drug-likeness (QED) is 0.445. The topological polar surface area (TPSA) is 78.6 Å². The summed E-state index contributed by atoms with van der Waals surface area (Å²) < 4.78 is 5.35. The first-order valence-corrected chi connectivity index (χ1v) is 11.3. The molecule has 3 aromatic rings. The van der Waals surface area contributed by atoms with Gasteiger partial charge in [-0.05, 0) is 47.4 Å². The van der Waals surface area contributed by atoms with E-state index >= 15 is 0 Å². The highest BCUT2D eigenvalue weighted by atomic mass is 35.5. The summed E-state index contributed by atoms with van der Waals surface area (Å²) in [5.41, 5.74) is 2.23. The molecule has 2 N–H and O–H groups in total. The van der Waals surface area contributed by atoms with E-state index < -0.39 is 0 Å². The lowest BCUT2D eigenvalue weighted by molar-refractivity contribution is 0.198. The van der Waals surface area contributed by atoms with Gasteiger partial charge in [0.1, 0.15) is 0 Å². The van der Waals surface area contributed by atoms with Crippen LogP contribution in [0.3, 0.4) is 0 Å². The molecule has 1 saturated heterocycles. The number of thiophene rings is 1. The smallest absolute Gasteiger partial charge is 0.246 e. The van der Waals surface area contributed by atoms with Gasteiger partial charge in [-0.1, -0.05) is 28.9 Å². The van der Waals surface area contributed by atoms with E-state index in [0.29, 0.717) is 29.3 Å². The molecule has 4 rings (SSSR count). The van der Waals surface area contributed by atoms with E-state index in [4.69, 9.17) is 16.1 Å². The summed E-state index contributed by atoms with van der Waals surface area (Å²) in [7, 11) is 1.77. The summed E-state index contributed by atoms with van der Waals surface area (Å²) in [6.45, 7) is 3.61. The largest absolute Gasteiger partial charge is 0.354 e. The molecule has 0 atom stereocenters. The first-order chi connectivity index (χ1) is 14.7. The zero-order valence-electron chi connectivity index (χ0n) is 16.8. The first-order valence-electron chi connectivity index (χ1n) is 9.99. The van der Waals surface area contributed by atoms with E-state index in [-0.39, 0.29) is 0 Å². The third-order valence-corrected chi connectivity index (χ3v) is 6.06. The monoisotopic (exact) mass is 444 g/mol. The highest BCUT2D eigenvalue weighted by Crippen LogP contribution is 2.20. The second kappa shape index (κ2) is 10.1. The molecule has 158 valence electrons. The minimum atomic E-state index is 0.402. The van der Waals surface area contributed by atoms with Gasteiger partial charge in [-0.3, -0.25) is 9.89 Å². The van der Waals surface area contributed by atoms with Crippen molar-refractivity contribution in [2.45, 2.75) is 32.0 Å². The highest BCUT2D eigenvalue weighted by molar-refractivity contribution is 7.07. The highest BCUT2D eigenvalue weighted by Gasteiger charge is 2.20. The third-order valence-electron chi connectivity index (χ3n) is 5.10. The number of nitrogens with one attached hydrogen (secondary N) is 2. The van der Waals surface area contributed by atoms with E-state index in [2.05, 4.69) is 47.5 Å². The molecule has 0 bridgehead atoms. The Hall–Kier alpha value is -2.42. The molecule has 1 aliphatic rings. The van der Waals surface area contributed by atoms with Gasteiger partial charge in [0.2, 0.25) is 11.7 Å². The maximum atomic E-state index is 6.03. The van der Waals surface area contributed by atoms with Crippen LogP contribution in [-0.2, 0) is 13.1 Å². The molecule has 1 fully saturated rings. The summed E-state index contributed by atoms with van der Waals surface area (Å²) in [5, 5.41) is 15.8. The number of rotatable bonds is 6. The number of aliphatic imine (C=N–C) groups is 1. The Balaban J connectivity index is 1.24. The van der Waals surface area contributed by atoms with E-state index in [1.165, 1.54) is 5.56 Å². The molecule has 3 heterocycles. The van der Waals surface area contributed by atoms with Gasteiger partial charge in [0.25, 0.3) is 0 Å². The van der Waals surface area contributed by atoms with Gasteiger partial charge in [0.05, 0.1) is 6.54 Å². The fourth-order valence-corrected chi connectivity index (χ4v) is 4.35. The van der Waals surface area contributed by atoms with Crippen molar-refractivity contribution in [2.75, 3.05) is 20.1 Å². The van der Waals surface area contributed by atoms with Gasteiger partial charge in [-0.25, -0.2) is 0 Å². The number of piperidine rings is 1. The molecule has 1 aromatic carbocycles. The number of benzene rings is 1. The van der Waals surface area contributed by atoms with Crippen LogP contribution in [0.15, 0.2) is 50.6 Å². The van der Waals surface area contributed by atoms with E-state index in [9.17, 15) is 0 Å². The Morgan fingerprint density at radius 1 is 1.33 bits per heavy atom. The second-order valence-electron chi connectivity index (χ2n) is 7.27. The van der Waals surface area contributed by atoms with Crippen molar-refractivity contribution in [3.05, 3.63) is 57.6 Å². The van der Waals surface area contributed by atoms with Crippen molar-refractivity contribution >= 4 is 28.9 Å². The van der Waals surface area contributed by atoms with Crippen molar-refractivity contribution < 1.29 is 4.52 Å².